The van der Waals surface area contributed by atoms with Gasteiger partial charge in [0, 0.05) is 43.2 Å². The first-order chi connectivity index (χ1) is 11.5. The van der Waals surface area contributed by atoms with Crippen molar-refractivity contribution in [3.8, 4) is 0 Å². The van der Waals surface area contributed by atoms with E-state index in [0.717, 1.165) is 12.0 Å². The predicted molar refractivity (Wildman–Crippen MR) is 94.6 cm³/mol. The second-order valence-corrected chi connectivity index (χ2v) is 5.81. The summed E-state index contributed by atoms with van der Waals surface area (Å²) in [6.45, 7) is 6.04. The zero-order chi connectivity index (χ0) is 17.5. The molecule has 5 heteroatoms. The van der Waals surface area contributed by atoms with E-state index < -0.39 is 0 Å². The molecule has 0 radical (unpaired) electrons. The molecule has 0 aliphatic rings. The van der Waals surface area contributed by atoms with Crippen molar-refractivity contribution in [2.24, 2.45) is 0 Å². The van der Waals surface area contributed by atoms with E-state index in [1.165, 1.54) is 6.92 Å². The van der Waals surface area contributed by atoms with Gasteiger partial charge in [-0.15, -0.1) is 0 Å². The molecule has 0 saturated carbocycles. The molecule has 0 aliphatic carbocycles. The van der Waals surface area contributed by atoms with Crippen LogP contribution in [0.1, 0.15) is 43.1 Å². The summed E-state index contributed by atoms with van der Waals surface area (Å²) in [5.41, 5.74) is 2.17. The fourth-order valence-corrected chi connectivity index (χ4v) is 2.44. The smallest absolute Gasteiger partial charge is 0.254 e. The molecule has 1 atom stereocenters. The lowest BCUT2D eigenvalue weighted by Gasteiger charge is -2.29. The van der Waals surface area contributed by atoms with Gasteiger partial charge in [0.2, 0.25) is 5.91 Å². The third kappa shape index (κ3) is 4.65. The van der Waals surface area contributed by atoms with E-state index in [1.54, 1.807) is 36.7 Å². The van der Waals surface area contributed by atoms with Gasteiger partial charge >= 0.3 is 0 Å². The molecule has 2 aromatic rings. The molecule has 1 aromatic carbocycles. The van der Waals surface area contributed by atoms with E-state index in [1.807, 2.05) is 24.0 Å². The molecule has 0 fully saturated rings. The molecule has 5 nitrogen and oxygen atoms in total. The van der Waals surface area contributed by atoms with Crippen LogP contribution in [0, 0.1) is 0 Å². The van der Waals surface area contributed by atoms with E-state index in [0.29, 0.717) is 17.8 Å². The maximum atomic E-state index is 13.0. The molecular weight excluding hydrogens is 302 g/mol. The number of pyridine rings is 1. The van der Waals surface area contributed by atoms with Crippen LogP contribution in [0.15, 0.2) is 48.8 Å². The second kappa shape index (κ2) is 8.24. The van der Waals surface area contributed by atoms with Crippen molar-refractivity contribution >= 4 is 17.5 Å². The van der Waals surface area contributed by atoms with Gasteiger partial charge in [-0.2, -0.15) is 0 Å². The van der Waals surface area contributed by atoms with Crippen LogP contribution in [-0.2, 0) is 11.3 Å². The summed E-state index contributed by atoms with van der Waals surface area (Å²) in [5.74, 6) is -0.214. The Morgan fingerprint density at radius 2 is 2.04 bits per heavy atom. The van der Waals surface area contributed by atoms with Gasteiger partial charge < -0.3 is 10.2 Å². The van der Waals surface area contributed by atoms with E-state index >= 15 is 0 Å². The molecule has 1 N–H and O–H groups in total. The summed E-state index contributed by atoms with van der Waals surface area (Å²) in [6.07, 6.45) is 4.35. The molecule has 1 aromatic heterocycles. The predicted octanol–water partition coefficient (Wildman–Crippen LogP) is 3.48. The molecular formula is C19H23N3O2. The van der Waals surface area contributed by atoms with Gasteiger partial charge in [-0.05, 0) is 43.2 Å². The molecule has 0 aliphatic heterocycles. The number of carbonyl (C=O) groups excluding carboxylic acids is 2. The summed E-state index contributed by atoms with van der Waals surface area (Å²) in [7, 11) is 0. The van der Waals surface area contributed by atoms with Crippen LogP contribution in [0.2, 0.25) is 0 Å². The van der Waals surface area contributed by atoms with Crippen LogP contribution < -0.4 is 5.32 Å². The number of nitrogens with one attached hydrogen (secondary N) is 1. The maximum absolute atomic E-state index is 13.0. The van der Waals surface area contributed by atoms with Gasteiger partial charge in [0.05, 0.1) is 0 Å². The summed E-state index contributed by atoms with van der Waals surface area (Å²) in [4.78, 5) is 30.1. The van der Waals surface area contributed by atoms with Crippen LogP contribution >= 0.6 is 0 Å². The number of rotatable bonds is 6. The molecule has 126 valence electrons. The van der Waals surface area contributed by atoms with E-state index in [9.17, 15) is 9.59 Å². The minimum Gasteiger partial charge on any atom is -0.332 e. The zero-order valence-electron chi connectivity index (χ0n) is 14.3. The Morgan fingerprint density at radius 1 is 1.25 bits per heavy atom. The van der Waals surface area contributed by atoms with Crippen LogP contribution in [-0.4, -0.2) is 27.7 Å². The summed E-state index contributed by atoms with van der Waals surface area (Å²) in [5, 5.41) is 2.71. The second-order valence-electron chi connectivity index (χ2n) is 5.81. The number of hydrogen-bond acceptors (Lipinski definition) is 3. The van der Waals surface area contributed by atoms with Gasteiger partial charge in [-0.1, -0.05) is 19.1 Å². The highest BCUT2D eigenvalue weighted by atomic mass is 16.2. The number of hydrogen-bond donors (Lipinski definition) is 1. The quantitative estimate of drug-likeness (QED) is 0.884. The van der Waals surface area contributed by atoms with Crippen molar-refractivity contribution in [1.29, 1.82) is 0 Å². The first kappa shape index (κ1) is 17.7. The largest absolute Gasteiger partial charge is 0.332 e. The molecule has 1 unspecified atom stereocenters. The third-order valence-electron chi connectivity index (χ3n) is 3.89. The fraction of sp³-hybridized carbons (Fsp3) is 0.316. The number of anilines is 1. The van der Waals surface area contributed by atoms with Crippen LogP contribution in [0.4, 0.5) is 5.69 Å². The Kier molecular flexibility index (Phi) is 6.07. The normalized spacial score (nSPS) is 11.6. The highest BCUT2D eigenvalue weighted by Gasteiger charge is 2.21. The van der Waals surface area contributed by atoms with Crippen LogP contribution in [0.5, 0.6) is 0 Å². The number of nitrogens with zero attached hydrogens (tertiary/aromatic N) is 2. The Hall–Kier alpha value is -2.69. The average molecular weight is 325 g/mol. The third-order valence-corrected chi connectivity index (χ3v) is 3.89. The van der Waals surface area contributed by atoms with Gasteiger partial charge in [0.25, 0.3) is 5.91 Å². The van der Waals surface area contributed by atoms with Crippen molar-refractivity contribution in [3.63, 3.8) is 0 Å². The van der Waals surface area contributed by atoms with Crippen molar-refractivity contribution in [2.45, 2.75) is 39.8 Å². The van der Waals surface area contributed by atoms with Gasteiger partial charge in [-0.25, -0.2) is 0 Å². The summed E-state index contributed by atoms with van der Waals surface area (Å²) < 4.78 is 0. The number of aromatic nitrogens is 1. The van der Waals surface area contributed by atoms with E-state index in [4.69, 9.17) is 0 Å². The molecule has 0 saturated heterocycles. The molecule has 0 bridgehead atoms. The molecule has 1 heterocycles. The van der Waals surface area contributed by atoms with E-state index in [-0.39, 0.29) is 17.9 Å². The molecule has 0 spiro atoms. The van der Waals surface area contributed by atoms with Gasteiger partial charge in [0.15, 0.2) is 0 Å². The van der Waals surface area contributed by atoms with Gasteiger partial charge in [-0.3, -0.25) is 14.6 Å². The molecule has 2 amide bonds. The first-order valence-corrected chi connectivity index (χ1v) is 8.08. The SMILES string of the molecule is CCC(C)N(Cc1cccnc1)C(=O)c1cccc(NC(C)=O)c1. The summed E-state index contributed by atoms with van der Waals surface area (Å²) in [6, 6.07) is 11.0. The Labute approximate surface area is 142 Å². The minimum atomic E-state index is -0.159. The monoisotopic (exact) mass is 325 g/mol. The molecule has 24 heavy (non-hydrogen) atoms. The Morgan fingerprint density at radius 3 is 2.67 bits per heavy atom. The first-order valence-electron chi connectivity index (χ1n) is 8.08. The highest BCUT2D eigenvalue weighted by molar-refractivity contribution is 5.97. The topological polar surface area (TPSA) is 62.3 Å². The lowest BCUT2D eigenvalue weighted by atomic mass is 10.1. The van der Waals surface area contributed by atoms with Crippen molar-refractivity contribution in [2.75, 3.05) is 5.32 Å². The number of benzene rings is 1. The Bertz CT molecular complexity index is 701. The fourth-order valence-electron chi connectivity index (χ4n) is 2.44. The van der Waals surface area contributed by atoms with Gasteiger partial charge in [0.1, 0.15) is 0 Å². The van der Waals surface area contributed by atoms with Crippen LogP contribution in [0.25, 0.3) is 0 Å². The van der Waals surface area contributed by atoms with Crippen molar-refractivity contribution in [3.05, 3.63) is 59.9 Å². The summed E-state index contributed by atoms with van der Waals surface area (Å²) >= 11 is 0. The zero-order valence-corrected chi connectivity index (χ0v) is 14.3. The lowest BCUT2D eigenvalue weighted by Crippen LogP contribution is -2.37. The molecule has 2 rings (SSSR count). The number of amides is 2. The van der Waals surface area contributed by atoms with Crippen molar-refractivity contribution in [1.82, 2.24) is 9.88 Å². The Balaban J connectivity index is 2.25. The lowest BCUT2D eigenvalue weighted by molar-refractivity contribution is -0.114. The standard InChI is InChI=1S/C19H23N3O2/c1-4-14(2)22(13-16-7-6-10-20-12-16)19(24)17-8-5-9-18(11-17)21-15(3)23/h5-12,14H,4,13H2,1-3H3,(H,21,23). The average Bonchev–Trinajstić information content (AvgIpc) is 2.59. The maximum Gasteiger partial charge on any atom is 0.254 e. The van der Waals surface area contributed by atoms with Crippen LogP contribution in [0.3, 0.4) is 0 Å². The highest BCUT2D eigenvalue weighted by Crippen LogP contribution is 2.17. The number of carbonyl (C=O) groups is 2. The van der Waals surface area contributed by atoms with Crippen molar-refractivity contribution < 1.29 is 9.59 Å². The van der Waals surface area contributed by atoms with E-state index in [2.05, 4.69) is 17.2 Å². The minimum absolute atomic E-state index is 0.0552.